The Bertz CT molecular complexity index is 608. The van der Waals surface area contributed by atoms with Crippen LogP contribution in [0.2, 0.25) is 0 Å². The largest absolute Gasteiger partial charge is 0.395 e. The quantitative estimate of drug-likeness (QED) is 0.897. The summed E-state index contributed by atoms with van der Waals surface area (Å²) in [5, 5.41) is 23.4. The number of hydrogen-bond donors (Lipinski definition) is 2. The van der Waals surface area contributed by atoms with Crippen LogP contribution >= 0.6 is 0 Å². The van der Waals surface area contributed by atoms with Crippen molar-refractivity contribution in [3.63, 3.8) is 0 Å². The first kappa shape index (κ1) is 14.2. The molecule has 1 aromatic carbocycles. The molecule has 2 N–H and O–H groups in total. The Balaban J connectivity index is 1.73. The third-order valence-corrected chi connectivity index (χ3v) is 4.22. The van der Waals surface area contributed by atoms with E-state index < -0.39 is 0 Å². The van der Waals surface area contributed by atoms with Crippen LogP contribution in [0.4, 0.5) is 5.82 Å². The van der Waals surface area contributed by atoms with E-state index in [0.29, 0.717) is 6.04 Å². The fourth-order valence-electron chi connectivity index (χ4n) is 2.98. The number of fused-ring (bicyclic) bond motifs is 1. The number of anilines is 1. The van der Waals surface area contributed by atoms with Crippen molar-refractivity contribution in [1.82, 2.24) is 15.1 Å². The second-order valence-corrected chi connectivity index (χ2v) is 5.66. The normalized spacial score (nSPS) is 17.2. The number of aryl methyl sites for hydroxylation is 1. The Kier molecular flexibility index (Phi) is 4.31. The van der Waals surface area contributed by atoms with E-state index in [-0.39, 0.29) is 6.61 Å². The molecule has 1 saturated heterocycles. The number of piperidine rings is 1. The summed E-state index contributed by atoms with van der Waals surface area (Å²) in [6.45, 7) is 5.06. The molecule has 0 aliphatic carbocycles. The fraction of sp³-hybridized carbons (Fsp3) is 0.500. The maximum absolute atomic E-state index is 8.99. The molecule has 0 amide bonds. The Labute approximate surface area is 125 Å². The summed E-state index contributed by atoms with van der Waals surface area (Å²) in [4.78, 5) is 2.30. The molecule has 5 heteroatoms. The topological polar surface area (TPSA) is 61.3 Å². The zero-order valence-electron chi connectivity index (χ0n) is 12.4. The molecule has 112 valence electrons. The highest BCUT2D eigenvalue weighted by atomic mass is 16.3. The van der Waals surface area contributed by atoms with Crippen LogP contribution in [-0.2, 0) is 0 Å². The molecule has 5 nitrogen and oxygen atoms in total. The molecule has 0 bridgehead atoms. The highest BCUT2D eigenvalue weighted by molar-refractivity contribution is 5.92. The number of aliphatic hydroxyl groups excluding tert-OH is 1. The molecule has 0 radical (unpaired) electrons. The number of hydrogen-bond acceptors (Lipinski definition) is 5. The second-order valence-electron chi connectivity index (χ2n) is 5.66. The maximum Gasteiger partial charge on any atom is 0.156 e. The molecule has 1 aliphatic rings. The van der Waals surface area contributed by atoms with Crippen molar-refractivity contribution in [1.29, 1.82) is 0 Å². The van der Waals surface area contributed by atoms with Gasteiger partial charge in [-0.2, -0.15) is 5.10 Å². The standard InChI is InChI=1S/C16H22N4O/c1-12-14-4-2-3-5-15(14)16(19-18-12)17-13-6-8-20(9-7-13)10-11-21/h2-5,13,21H,6-11H2,1H3,(H,17,19). The summed E-state index contributed by atoms with van der Waals surface area (Å²) in [6.07, 6.45) is 2.15. The number of likely N-dealkylation sites (tertiary alicyclic amines) is 1. The number of aliphatic hydroxyl groups is 1. The van der Waals surface area contributed by atoms with Crippen LogP contribution in [0, 0.1) is 6.92 Å². The minimum absolute atomic E-state index is 0.242. The molecular formula is C16H22N4O. The minimum atomic E-state index is 0.242. The molecule has 3 rings (SSSR count). The van der Waals surface area contributed by atoms with E-state index in [1.165, 1.54) is 0 Å². The van der Waals surface area contributed by atoms with Crippen LogP contribution in [0.15, 0.2) is 24.3 Å². The van der Waals surface area contributed by atoms with Gasteiger partial charge in [0, 0.05) is 36.4 Å². The van der Waals surface area contributed by atoms with E-state index in [1.807, 2.05) is 19.1 Å². The zero-order valence-corrected chi connectivity index (χ0v) is 12.4. The number of benzene rings is 1. The van der Waals surface area contributed by atoms with Gasteiger partial charge in [0.05, 0.1) is 12.3 Å². The molecular weight excluding hydrogens is 264 g/mol. The SMILES string of the molecule is Cc1nnc(NC2CCN(CCO)CC2)c2ccccc12. The van der Waals surface area contributed by atoms with Crippen molar-refractivity contribution in [2.75, 3.05) is 31.6 Å². The lowest BCUT2D eigenvalue weighted by Gasteiger charge is -2.32. The third kappa shape index (κ3) is 3.14. The van der Waals surface area contributed by atoms with Gasteiger partial charge in [-0.15, -0.1) is 5.10 Å². The Morgan fingerprint density at radius 1 is 1.19 bits per heavy atom. The Morgan fingerprint density at radius 3 is 2.62 bits per heavy atom. The summed E-state index contributed by atoms with van der Waals surface area (Å²) < 4.78 is 0. The van der Waals surface area contributed by atoms with Gasteiger partial charge >= 0.3 is 0 Å². The molecule has 0 saturated carbocycles. The Hall–Kier alpha value is -1.72. The lowest BCUT2D eigenvalue weighted by atomic mass is 10.0. The van der Waals surface area contributed by atoms with E-state index in [2.05, 4.69) is 32.5 Å². The summed E-state index contributed by atoms with van der Waals surface area (Å²) in [7, 11) is 0. The van der Waals surface area contributed by atoms with Gasteiger partial charge < -0.3 is 15.3 Å². The minimum Gasteiger partial charge on any atom is -0.395 e. The van der Waals surface area contributed by atoms with Crippen LogP contribution in [0.1, 0.15) is 18.5 Å². The van der Waals surface area contributed by atoms with E-state index in [0.717, 1.165) is 54.8 Å². The maximum atomic E-state index is 8.99. The third-order valence-electron chi connectivity index (χ3n) is 4.22. The van der Waals surface area contributed by atoms with Crippen molar-refractivity contribution in [2.45, 2.75) is 25.8 Å². The molecule has 2 heterocycles. The second kappa shape index (κ2) is 6.37. The molecule has 2 aromatic rings. The lowest BCUT2D eigenvalue weighted by molar-refractivity contribution is 0.168. The van der Waals surface area contributed by atoms with Gasteiger partial charge in [0.15, 0.2) is 5.82 Å². The smallest absolute Gasteiger partial charge is 0.156 e. The van der Waals surface area contributed by atoms with E-state index in [1.54, 1.807) is 0 Å². The first-order valence-electron chi connectivity index (χ1n) is 7.59. The van der Waals surface area contributed by atoms with Gasteiger partial charge in [0.1, 0.15) is 0 Å². The predicted octanol–water partition coefficient (Wildman–Crippen LogP) is 1.81. The van der Waals surface area contributed by atoms with Gasteiger partial charge in [-0.3, -0.25) is 0 Å². The van der Waals surface area contributed by atoms with Crippen LogP contribution < -0.4 is 5.32 Å². The fourth-order valence-corrected chi connectivity index (χ4v) is 2.98. The van der Waals surface area contributed by atoms with E-state index in [4.69, 9.17) is 5.11 Å². The number of aromatic nitrogens is 2. The lowest BCUT2D eigenvalue weighted by Crippen LogP contribution is -2.40. The molecule has 1 fully saturated rings. The summed E-state index contributed by atoms with van der Waals surface area (Å²) in [6, 6.07) is 8.70. The van der Waals surface area contributed by atoms with Crippen LogP contribution in [0.25, 0.3) is 10.8 Å². The summed E-state index contributed by atoms with van der Waals surface area (Å²) in [5.74, 6) is 0.886. The summed E-state index contributed by atoms with van der Waals surface area (Å²) in [5.41, 5.74) is 0.967. The molecule has 0 spiro atoms. The van der Waals surface area contributed by atoms with E-state index >= 15 is 0 Å². The molecule has 1 aliphatic heterocycles. The van der Waals surface area contributed by atoms with Crippen molar-refractivity contribution in [2.24, 2.45) is 0 Å². The van der Waals surface area contributed by atoms with Gasteiger partial charge in [-0.1, -0.05) is 24.3 Å². The van der Waals surface area contributed by atoms with E-state index in [9.17, 15) is 0 Å². The van der Waals surface area contributed by atoms with Gasteiger partial charge in [0.2, 0.25) is 0 Å². The van der Waals surface area contributed by atoms with Crippen LogP contribution in [0.3, 0.4) is 0 Å². The van der Waals surface area contributed by atoms with Crippen LogP contribution in [0.5, 0.6) is 0 Å². The van der Waals surface area contributed by atoms with Gasteiger partial charge in [-0.05, 0) is 19.8 Å². The highest BCUT2D eigenvalue weighted by Crippen LogP contribution is 2.24. The zero-order chi connectivity index (χ0) is 14.7. The van der Waals surface area contributed by atoms with Crippen molar-refractivity contribution >= 4 is 16.6 Å². The van der Waals surface area contributed by atoms with Gasteiger partial charge in [-0.25, -0.2) is 0 Å². The molecule has 21 heavy (non-hydrogen) atoms. The van der Waals surface area contributed by atoms with Gasteiger partial charge in [0.25, 0.3) is 0 Å². The number of β-amino-alcohol motifs (C(OH)–C–C–N with tert-alkyl or cyclic N) is 1. The summed E-state index contributed by atoms with van der Waals surface area (Å²) >= 11 is 0. The van der Waals surface area contributed by atoms with Crippen LogP contribution in [-0.4, -0.2) is 52.5 Å². The predicted molar refractivity (Wildman–Crippen MR) is 84.4 cm³/mol. The van der Waals surface area contributed by atoms with Crippen molar-refractivity contribution < 1.29 is 5.11 Å². The number of nitrogens with zero attached hydrogens (tertiary/aromatic N) is 3. The Morgan fingerprint density at radius 2 is 1.90 bits per heavy atom. The first-order valence-corrected chi connectivity index (χ1v) is 7.59. The monoisotopic (exact) mass is 286 g/mol. The average Bonchev–Trinajstić information content (AvgIpc) is 2.52. The van der Waals surface area contributed by atoms with Crippen molar-refractivity contribution in [3.05, 3.63) is 30.0 Å². The highest BCUT2D eigenvalue weighted by Gasteiger charge is 2.19. The first-order chi connectivity index (χ1) is 10.3. The number of nitrogens with one attached hydrogen (secondary N) is 1. The average molecular weight is 286 g/mol. The number of rotatable bonds is 4. The van der Waals surface area contributed by atoms with Crippen molar-refractivity contribution in [3.8, 4) is 0 Å². The molecule has 0 unspecified atom stereocenters. The molecule has 0 atom stereocenters. The molecule has 1 aromatic heterocycles.